The van der Waals surface area contributed by atoms with Gasteiger partial charge in [-0.1, -0.05) is 47.1 Å². The highest BCUT2D eigenvalue weighted by Gasteiger charge is 2.11. The smallest absolute Gasteiger partial charge is 0.322 e. The van der Waals surface area contributed by atoms with Gasteiger partial charge in [0.15, 0.2) is 0 Å². The predicted octanol–water partition coefficient (Wildman–Crippen LogP) is 3.16. The number of ether oxygens (including phenoxy) is 1. The molecule has 0 aliphatic heterocycles. The third kappa shape index (κ3) is 4.67. The van der Waals surface area contributed by atoms with Crippen LogP contribution < -0.4 is 10.1 Å². The van der Waals surface area contributed by atoms with E-state index in [0.717, 1.165) is 22.4 Å². The highest BCUT2D eigenvalue weighted by Crippen LogP contribution is 2.15. The molecule has 6 heteroatoms. The van der Waals surface area contributed by atoms with Crippen molar-refractivity contribution in [3.8, 4) is 5.75 Å². The van der Waals surface area contributed by atoms with Gasteiger partial charge in [0.05, 0.1) is 20.0 Å². The minimum absolute atomic E-state index is 0.112. The molecule has 3 rings (SSSR count). The molecule has 0 fully saturated rings. The first kappa shape index (κ1) is 16.7. The normalized spacial score (nSPS) is 10.5. The number of anilines is 1. The van der Waals surface area contributed by atoms with Crippen LogP contribution in [-0.2, 0) is 17.6 Å². The third-order valence-corrected chi connectivity index (χ3v) is 3.67. The van der Waals surface area contributed by atoms with E-state index < -0.39 is 0 Å². The number of aromatic nitrogens is 2. The van der Waals surface area contributed by atoms with Crippen molar-refractivity contribution in [2.24, 2.45) is 0 Å². The molecule has 0 saturated carbocycles. The van der Waals surface area contributed by atoms with E-state index in [1.807, 2.05) is 55.5 Å². The van der Waals surface area contributed by atoms with Gasteiger partial charge in [0.25, 0.3) is 0 Å². The Balaban J connectivity index is 1.58. The molecule has 1 heterocycles. The average molecular weight is 337 g/mol. The van der Waals surface area contributed by atoms with Crippen LogP contribution >= 0.6 is 0 Å². The molecule has 128 valence electrons. The quantitative estimate of drug-likeness (QED) is 0.747. The summed E-state index contributed by atoms with van der Waals surface area (Å²) in [6.07, 6.45) is 0.753. The van der Waals surface area contributed by atoms with Crippen molar-refractivity contribution in [1.29, 1.82) is 0 Å². The molecular weight excluding hydrogens is 318 g/mol. The van der Waals surface area contributed by atoms with Crippen LogP contribution in [0.25, 0.3) is 0 Å². The van der Waals surface area contributed by atoms with Gasteiger partial charge >= 0.3 is 6.01 Å². The molecule has 1 aromatic heterocycles. The summed E-state index contributed by atoms with van der Waals surface area (Å²) < 4.78 is 10.6. The molecule has 0 spiro atoms. The number of aryl methyl sites for hydroxylation is 1. The molecule has 0 saturated heterocycles. The van der Waals surface area contributed by atoms with E-state index in [1.54, 1.807) is 7.11 Å². The molecule has 0 aliphatic rings. The largest absolute Gasteiger partial charge is 0.497 e. The van der Waals surface area contributed by atoms with Crippen molar-refractivity contribution in [2.45, 2.75) is 19.8 Å². The number of benzene rings is 2. The Labute approximate surface area is 145 Å². The van der Waals surface area contributed by atoms with Crippen molar-refractivity contribution in [3.63, 3.8) is 0 Å². The van der Waals surface area contributed by atoms with Crippen molar-refractivity contribution in [2.75, 3.05) is 12.4 Å². The van der Waals surface area contributed by atoms with Gasteiger partial charge in [0.1, 0.15) is 5.75 Å². The van der Waals surface area contributed by atoms with E-state index in [4.69, 9.17) is 9.15 Å². The minimum Gasteiger partial charge on any atom is -0.497 e. The van der Waals surface area contributed by atoms with Crippen molar-refractivity contribution in [1.82, 2.24) is 10.2 Å². The number of methoxy groups -OCH3 is 1. The number of amides is 1. The first-order chi connectivity index (χ1) is 12.1. The molecule has 6 nitrogen and oxygen atoms in total. The molecule has 0 unspecified atom stereocenters. The third-order valence-electron chi connectivity index (χ3n) is 3.67. The molecule has 0 atom stereocenters. The lowest BCUT2D eigenvalue weighted by atomic mass is 10.1. The summed E-state index contributed by atoms with van der Waals surface area (Å²) in [5.41, 5.74) is 3.07. The Bertz CT molecular complexity index is 856. The van der Waals surface area contributed by atoms with Crippen LogP contribution in [0.4, 0.5) is 6.01 Å². The second-order valence-electron chi connectivity index (χ2n) is 5.74. The zero-order valence-electron chi connectivity index (χ0n) is 14.2. The summed E-state index contributed by atoms with van der Waals surface area (Å²) in [6.45, 7) is 1.99. The minimum atomic E-state index is -0.190. The maximum Gasteiger partial charge on any atom is 0.322 e. The van der Waals surface area contributed by atoms with E-state index in [1.165, 1.54) is 0 Å². The zero-order chi connectivity index (χ0) is 17.6. The van der Waals surface area contributed by atoms with Gasteiger partial charge in [-0.3, -0.25) is 10.1 Å². The maximum absolute atomic E-state index is 12.1. The van der Waals surface area contributed by atoms with Crippen LogP contribution in [0.5, 0.6) is 5.75 Å². The Morgan fingerprint density at radius 2 is 1.92 bits per heavy atom. The standard InChI is InChI=1S/C19H19N3O3/c1-13-4-3-5-15(10-13)11-17(23)20-19-22-21-18(25-19)12-14-6-8-16(24-2)9-7-14/h3-10H,11-12H2,1-2H3,(H,20,22,23). The summed E-state index contributed by atoms with van der Waals surface area (Å²) in [6, 6.07) is 15.5. The van der Waals surface area contributed by atoms with Gasteiger partial charge in [-0.2, -0.15) is 0 Å². The summed E-state index contributed by atoms with van der Waals surface area (Å²) >= 11 is 0. The molecule has 25 heavy (non-hydrogen) atoms. The number of nitrogens with zero attached hydrogens (tertiary/aromatic N) is 2. The monoisotopic (exact) mass is 337 g/mol. The zero-order valence-corrected chi connectivity index (χ0v) is 14.2. The number of carbonyl (C=O) groups is 1. The summed E-state index contributed by atoms with van der Waals surface area (Å²) in [4.78, 5) is 12.1. The van der Waals surface area contributed by atoms with Crippen LogP contribution in [0.2, 0.25) is 0 Å². The Hall–Kier alpha value is -3.15. The predicted molar refractivity (Wildman–Crippen MR) is 93.6 cm³/mol. The van der Waals surface area contributed by atoms with Crippen LogP contribution in [0, 0.1) is 6.92 Å². The summed E-state index contributed by atoms with van der Waals surface area (Å²) in [5.74, 6) is 1.04. The second kappa shape index (κ2) is 7.61. The number of nitrogens with one attached hydrogen (secondary N) is 1. The van der Waals surface area contributed by atoms with Crippen LogP contribution in [0.1, 0.15) is 22.6 Å². The average Bonchev–Trinajstić information content (AvgIpc) is 3.02. The summed E-state index contributed by atoms with van der Waals surface area (Å²) in [7, 11) is 1.62. The van der Waals surface area contributed by atoms with Crippen molar-refractivity contribution < 1.29 is 13.9 Å². The SMILES string of the molecule is COc1ccc(Cc2nnc(NC(=O)Cc3cccc(C)c3)o2)cc1. The summed E-state index contributed by atoms with van der Waals surface area (Å²) in [5, 5.41) is 10.5. The molecule has 0 radical (unpaired) electrons. The number of rotatable bonds is 6. The van der Waals surface area contributed by atoms with Gasteiger partial charge in [0, 0.05) is 0 Å². The van der Waals surface area contributed by atoms with Crippen LogP contribution in [0.3, 0.4) is 0 Å². The highest BCUT2D eigenvalue weighted by molar-refractivity contribution is 5.90. The molecule has 0 aliphatic carbocycles. The molecular formula is C19H19N3O3. The van der Waals surface area contributed by atoms with Crippen LogP contribution in [0.15, 0.2) is 52.9 Å². The van der Waals surface area contributed by atoms with Crippen LogP contribution in [-0.4, -0.2) is 23.2 Å². The van der Waals surface area contributed by atoms with Gasteiger partial charge in [-0.05, 0) is 30.2 Å². The molecule has 0 bridgehead atoms. The molecule has 1 amide bonds. The maximum atomic E-state index is 12.1. The Morgan fingerprint density at radius 1 is 1.12 bits per heavy atom. The van der Waals surface area contributed by atoms with E-state index in [0.29, 0.717) is 12.3 Å². The second-order valence-corrected chi connectivity index (χ2v) is 5.74. The highest BCUT2D eigenvalue weighted by atomic mass is 16.5. The van der Waals surface area contributed by atoms with E-state index in [-0.39, 0.29) is 18.3 Å². The Morgan fingerprint density at radius 3 is 2.64 bits per heavy atom. The number of hydrogen-bond donors (Lipinski definition) is 1. The van der Waals surface area contributed by atoms with Gasteiger partial charge in [-0.25, -0.2) is 0 Å². The Kier molecular flexibility index (Phi) is 5.09. The fourth-order valence-corrected chi connectivity index (χ4v) is 2.46. The topological polar surface area (TPSA) is 77.3 Å². The lowest BCUT2D eigenvalue weighted by Gasteiger charge is -2.02. The first-order valence-electron chi connectivity index (χ1n) is 7.93. The van der Waals surface area contributed by atoms with Crippen molar-refractivity contribution >= 4 is 11.9 Å². The van der Waals surface area contributed by atoms with Crippen molar-refractivity contribution in [3.05, 3.63) is 71.1 Å². The number of carbonyl (C=O) groups excluding carboxylic acids is 1. The fourth-order valence-electron chi connectivity index (χ4n) is 2.46. The molecule has 1 N–H and O–H groups in total. The van der Waals surface area contributed by atoms with Gasteiger partial charge in [0.2, 0.25) is 11.8 Å². The van der Waals surface area contributed by atoms with E-state index in [9.17, 15) is 4.79 Å². The molecule has 3 aromatic rings. The van der Waals surface area contributed by atoms with Gasteiger partial charge < -0.3 is 9.15 Å². The lowest BCUT2D eigenvalue weighted by Crippen LogP contribution is -2.14. The number of hydrogen-bond acceptors (Lipinski definition) is 5. The molecule has 2 aromatic carbocycles. The van der Waals surface area contributed by atoms with E-state index >= 15 is 0 Å². The van der Waals surface area contributed by atoms with Gasteiger partial charge in [-0.15, -0.1) is 5.10 Å². The van der Waals surface area contributed by atoms with E-state index in [2.05, 4.69) is 15.5 Å². The first-order valence-corrected chi connectivity index (χ1v) is 7.93. The fraction of sp³-hybridized carbons (Fsp3) is 0.211. The lowest BCUT2D eigenvalue weighted by molar-refractivity contribution is -0.115.